The minimum absolute atomic E-state index is 0.462. The van der Waals surface area contributed by atoms with Gasteiger partial charge in [0, 0.05) is 6.04 Å². The summed E-state index contributed by atoms with van der Waals surface area (Å²) in [6.07, 6.45) is 3.79. The lowest BCUT2D eigenvalue weighted by molar-refractivity contribution is 0.464. The maximum atomic E-state index is 5.84. The molecule has 0 spiro atoms. The fourth-order valence-electron chi connectivity index (χ4n) is 1.36. The lowest BCUT2D eigenvalue weighted by Crippen LogP contribution is -2.22. The second-order valence-corrected chi connectivity index (χ2v) is 4.28. The van der Waals surface area contributed by atoms with E-state index in [4.69, 9.17) is 5.73 Å². The van der Waals surface area contributed by atoms with Gasteiger partial charge in [-0.2, -0.15) is 11.8 Å². The number of hydrogen-bond acceptors (Lipinski definition) is 2. The average molecular weight is 159 g/mol. The van der Waals surface area contributed by atoms with Gasteiger partial charge in [-0.25, -0.2) is 0 Å². The minimum Gasteiger partial charge on any atom is -0.328 e. The van der Waals surface area contributed by atoms with E-state index in [1.807, 2.05) is 0 Å². The molecule has 1 rings (SSSR count). The van der Waals surface area contributed by atoms with Crippen LogP contribution >= 0.6 is 11.8 Å². The Labute approximate surface area is 67.8 Å². The molecule has 1 aliphatic rings. The molecule has 2 atom stereocenters. The SMILES string of the molecule is CCC(N)CC1CCSC1. The predicted molar refractivity (Wildman–Crippen MR) is 48.3 cm³/mol. The van der Waals surface area contributed by atoms with Gasteiger partial charge < -0.3 is 5.73 Å². The van der Waals surface area contributed by atoms with Gasteiger partial charge in [0.15, 0.2) is 0 Å². The summed E-state index contributed by atoms with van der Waals surface area (Å²) < 4.78 is 0. The second kappa shape index (κ2) is 4.24. The molecule has 0 amide bonds. The molecule has 2 N–H and O–H groups in total. The van der Waals surface area contributed by atoms with Crippen molar-refractivity contribution in [1.29, 1.82) is 0 Å². The third-order valence-corrected chi connectivity index (χ3v) is 3.42. The van der Waals surface area contributed by atoms with Crippen LogP contribution in [0.15, 0.2) is 0 Å². The molecular formula is C8H17NS. The van der Waals surface area contributed by atoms with E-state index >= 15 is 0 Å². The molecule has 0 aliphatic carbocycles. The molecule has 0 saturated carbocycles. The molecule has 0 aromatic heterocycles. The Morgan fingerprint density at radius 2 is 2.50 bits per heavy atom. The number of hydrogen-bond donors (Lipinski definition) is 1. The van der Waals surface area contributed by atoms with Crippen LogP contribution in [0.1, 0.15) is 26.2 Å². The van der Waals surface area contributed by atoms with Gasteiger partial charge in [-0.05, 0) is 36.7 Å². The van der Waals surface area contributed by atoms with E-state index < -0.39 is 0 Å². The van der Waals surface area contributed by atoms with Crippen LogP contribution in [0.5, 0.6) is 0 Å². The molecule has 0 radical (unpaired) electrons. The summed E-state index contributed by atoms with van der Waals surface area (Å²) >= 11 is 2.08. The molecule has 1 nitrogen and oxygen atoms in total. The molecule has 2 unspecified atom stereocenters. The van der Waals surface area contributed by atoms with E-state index in [-0.39, 0.29) is 0 Å². The fourth-order valence-corrected chi connectivity index (χ4v) is 2.67. The zero-order valence-electron chi connectivity index (χ0n) is 6.68. The van der Waals surface area contributed by atoms with Gasteiger partial charge in [-0.15, -0.1) is 0 Å². The van der Waals surface area contributed by atoms with E-state index in [9.17, 15) is 0 Å². The van der Waals surface area contributed by atoms with E-state index in [1.165, 1.54) is 24.3 Å². The highest BCUT2D eigenvalue weighted by atomic mass is 32.2. The topological polar surface area (TPSA) is 26.0 Å². The first-order chi connectivity index (χ1) is 4.83. The van der Waals surface area contributed by atoms with Crippen molar-refractivity contribution < 1.29 is 0 Å². The maximum absolute atomic E-state index is 5.84. The van der Waals surface area contributed by atoms with Crippen molar-refractivity contribution >= 4 is 11.8 Å². The first kappa shape index (κ1) is 8.41. The molecule has 0 aromatic rings. The van der Waals surface area contributed by atoms with Crippen molar-refractivity contribution in [1.82, 2.24) is 0 Å². The van der Waals surface area contributed by atoms with Crippen molar-refractivity contribution in [2.75, 3.05) is 11.5 Å². The minimum atomic E-state index is 0.462. The van der Waals surface area contributed by atoms with Crippen LogP contribution in [-0.4, -0.2) is 17.5 Å². The highest BCUT2D eigenvalue weighted by molar-refractivity contribution is 7.99. The molecule has 1 saturated heterocycles. The Kier molecular flexibility index (Phi) is 3.57. The third-order valence-electron chi connectivity index (χ3n) is 2.18. The van der Waals surface area contributed by atoms with E-state index in [2.05, 4.69) is 18.7 Å². The summed E-state index contributed by atoms with van der Waals surface area (Å²) in [5, 5.41) is 0. The van der Waals surface area contributed by atoms with Crippen LogP contribution in [0.4, 0.5) is 0 Å². The molecule has 1 aliphatic heterocycles. The van der Waals surface area contributed by atoms with Gasteiger partial charge in [0.05, 0.1) is 0 Å². The van der Waals surface area contributed by atoms with E-state index in [0.29, 0.717) is 6.04 Å². The summed E-state index contributed by atoms with van der Waals surface area (Å²) in [5.41, 5.74) is 5.84. The van der Waals surface area contributed by atoms with Crippen molar-refractivity contribution in [2.24, 2.45) is 11.7 Å². The quantitative estimate of drug-likeness (QED) is 0.680. The highest BCUT2D eigenvalue weighted by Gasteiger charge is 2.17. The van der Waals surface area contributed by atoms with Crippen LogP contribution in [0.25, 0.3) is 0 Å². The Morgan fingerprint density at radius 3 is 3.00 bits per heavy atom. The standard InChI is InChI=1S/C8H17NS/c1-2-8(9)5-7-3-4-10-6-7/h7-8H,2-6,9H2,1H3. The van der Waals surface area contributed by atoms with Gasteiger partial charge in [-0.1, -0.05) is 6.92 Å². The van der Waals surface area contributed by atoms with Crippen LogP contribution < -0.4 is 5.73 Å². The molecule has 1 heterocycles. The van der Waals surface area contributed by atoms with Crippen LogP contribution in [-0.2, 0) is 0 Å². The van der Waals surface area contributed by atoms with Gasteiger partial charge in [0.25, 0.3) is 0 Å². The smallest absolute Gasteiger partial charge is 0.00391 e. The summed E-state index contributed by atoms with van der Waals surface area (Å²) in [6, 6.07) is 0.462. The lowest BCUT2D eigenvalue weighted by Gasteiger charge is -2.12. The van der Waals surface area contributed by atoms with Gasteiger partial charge in [-0.3, -0.25) is 0 Å². The lowest BCUT2D eigenvalue weighted by atomic mass is 9.99. The zero-order chi connectivity index (χ0) is 7.40. The molecule has 0 aromatic carbocycles. The van der Waals surface area contributed by atoms with Gasteiger partial charge in [0.2, 0.25) is 0 Å². The van der Waals surface area contributed by atoms with E-state index in [1.54, 1.807) is 0 Å². The Hall–Kier alpha value is 0.310. The largest absolute Gasteiger partial charge is 0.328 e. The van der Waals surface area contributed by atoms with Gasteiger partial charge >= 0.3 is 0 Å². The summed E-state index contributed by atoms with van der Waals surface area (Å²) in [5.74, 6) is 3.65. The van der Waals surface area contributed by atoms with Crippen LogP contribution in [0.3, 0.4) is 0 Å². The average Bonchev–Trinajstić information content (AvgIpc) is 2.40. The first-order valence-electron chi connectivity index (χ1n) is 4.16. The molecule has 10 heavy (non-hydrogen) atoms. The van der Waals surface area contributed by atoms with Crippen LogP contribution in [0, 0.1) is 5.92 Å². The van der Waals surface area contributed by atoms with Crippen molar-refractivity contribution in [3.05, 3.63) is 0 Å². The predicted octanol–water partition coefficient (Wildman–Crippen LogP) is 1.87. The van der Waals surface area contributed by atoms with Crippen molar-refractivity contribution in [3.63, 3.8) is 0 Å². The number of nitrogens with two attached hydrogens (primary N) is 1. The molecule has 60 valence electrons. The maximum Gasteiger partial charge on any atom is 0.00391 e. The molecule has 1 fully saturated rings. The summed E-state index contributed by atoms with van der Waals surface area (Å²) in [7, 11) is 0. The van der Waals surface area contributed by atoms with Crippen molar-refractivity contribution in [2.45, 2.75) is 32.2 Å². The van der Waals surface area contributed by atoms with Crippen molar-refractivity contribution in [3.8, 4) is 0 Å². The van der Waals surface area contributed by atoms with Gasteiger partial charge in [0.1, 0.15) is 0 Å². The summed E-state index contributed by atoms with van der Waals surface area (Å²) in [6.45, 7) is 2.17. The Balaban J connectivity index is 2.11. The normalized spacial score (nSPS) is 28.8. The summed E-state index contributed by atoms with van der Waals surface area (Å²) in [4.78, 5) is 0. The van der Waals surface area contributed by atoms with E-state index in [0.717, 1.165) is 12.3 Å². The fraction of sp³-hybridized carbons (Fsp3) is 1.00. The Morgan fingerprint density at radius 1 is 1.70 bits per heavy atom. The number of rotatable bonds is 3. The molecular weight excluding hydrogens is 142 g/mol. The monoisotopic (exact) mass is 159 g/mol. The highest BCUT2D eigenvalue weighted by Crippen LogP contribution is 2.26. The Bertz CT molecular complexity index is 89.3. The second-order valence-electron chi connectivity index (χ2n) is 3.13. The van der Waals surface area contributed by atoms with Crippen LogP contribution in [0.2, 0.25) is 0 Å². The number of thioether (sulfide) groups is 1. The third kappa shape index (κ3) is 2.51. The molecule has 0 bridgehead atoms. The molecule has 2 heteroatoms. The zero-order valence-corrected chi connectivity index (χ0v) is 7.49. The first-order valence-corrected chi connectivity index (χ1v) is 5.31.